The van der Waals surface area contributed by atoms with Gasteiger partial charge in [0.05, 0.1) is 18.9 Å². The summed E-state index contributed by atoms with van der Waals surface area (Å²) in [5, 5.41) is 11.3. The lowest BCUT2D eigenvalue weighted by atomic mass is 9.95. The highest BCUT2D eigenvalue weighted by Gasteiger charge is 2.48. The van der Waals surface area contributed by atoms with Gasteiger partial charge in [-0.2, -0.15) is 0 Å². The van der Waals surface area contributed by atoms with E-state index in [1.54, 1.807) is 37.4 Å². The number of furan rings is 1. The number of Topliss-reactive ketones (excluding diaryl/α,β-unsaturated/α-hetero) is 1. The number of aliphatic hydroxyl groups excluding tert-OH is 1. The Kier molecular flexibility index (Phi) is 5.85. The molecule has 0 radical (unpaired) electrons. The third-order valence-electron chi connectivity index (χ3n) is 6.01. The number of rotatable bonds is 5. The van der Waals surface area contributed by atoms with Crippen LogP contribution in [0.5, 0.6) is 5.75 Å². The van der Waals surface area contributed by atoms with Crippen LogP contribution in [0.3, 0.4) is 0 Å². The van der Waals surface area contributed by atoms with Crippen LogP contribution in [0.4, 0.5) is 5.69 Å². The lowest BCUT2D eigenvalue weighted by Crippen LogP contribution is -2.30. The molecule has 33 heavy (non-hydrogen) atoms. The van der Waals surface area contributed by atoms with E-state index in [-0.39, 0.29) is 17.3 Å². The van der Waals surface area contributed by atoms with Crippen molar-refractivity contribution in [1.29, 1.82) is 0 Å². The van der Waals surface area contributed by atoms with E-state index in [0.717, 1.165) is 16.7 Å². The molecular weight excluding hydrogens is 418 g/mol. The van der Waals surface area contributed by atoms with Gasteiger partial charge in [-0.15, -0.1) is 0 Å². The molecule has 1 unspecified atom stereocenters. The normalized spacial score (nSPS) is 17.8. The van der Waals surface area contributed by atoms with Crippen LogP contribution in [-0.2, 0) is 9.59 Å². The second kappa shape index (κ2) is 8.62. The molecule has 4 rings (SSSR count). The van der Waals surface area contributed by atoms with E-state index in [9.17, 15) is 14.7 Å². The molecule has 6 heteroatoms. The van der Waals surface area contributed by atoms with Crippen LogP contribution in [0.2, 0.25) is 0 Å². The van der Waals surface area contributed by atoms with Crippen LogP contribution in [0.1, 0.15) is 53.8 Å². The number of ketones is 1. The zero-order chi connectivity index (χ0) is 23.9. The van der Waals surface area contributed by atoms with Crippen molar-refractivity contribution in [3.63, 3.8) is 0 Å². The monoisotopic (exact) mass is 445 g/mol. The van der Waals surface area contributed by atoms with Gasteiger partial charge in [-0.3, -0.25) is 14.5 Å². The van der Waals surface area contributed by atoms with Gasteiger partial charge in [0.1, 0.15) is 23.3 Å². The fraction of sp³-hybridized carbons (Fsp3) is 0.259. The van der Waals surface area contributed by atoms with Crippen LogP contribution >= 0.6 is 0 Å². The molecule has 1 amide bonds. The fourth-order valence-corrected chi connectivity index (χ4v) is 4.26. The first kappa shape index (κ1) is 22.4. The van der Waals surface area contributed by atoms with Gasteiger partial charge < -0.3 is 14.3 Å². The highest BCUT2D eigenvalue weighted by molar-refractivity contribution is 6.51. The van der Waals surface area contributed by atoms with Crippen LogP contribution in [-0.4, -0.2) is 23.9 Å². The van der Waals surface area contributed by atoms with Crippen molar-refractivity contribution in [3.05, 3.63) is 88.4 Å². The van der Waals surface area contributed by atoms with E-state index < -0.39 is 17.7 Å². The number of carbonyl (C=O) groups is 2. The second-order valence-electron chi connectivity index (χ2n) is 8.59. The summed E-state index contributed by atoms with van der Waals surface area (Å²) in [7, 11) is 1.59. The number of aliphatic hydroxyl groups is 1. The first-order valence-corrected chi connectivity index (χ1v) is 10.8. The minimum Gasteiger partial charge on any atom is -0.507 e. The van der Waals surface area contributed by atoms with Gasteiger partial charge in [-0.25, -0.2) is 0 Å². The first-order valence-electron chi connectivity index (χ1n) is 10.8. The molecular formula is C27H27NO5. The lowest BCUT2D eigenvalue weighted by Gasteiger charge is -2.25. The number of benzene rings is 2. The van der Waals surface area contributed by atoms with Crippen molar-refractivity contribution in [3.8, 4) is 5.75 Å². The van der Waals surface area contributed by atoms with Crippen molar-refractivity contribution < 1.29 is 23.8 Å². The number of anilines is 1. The number of nitrogens with zero attached hydrogens (tertiary/aromatic N) is 1. The smallest absolute Gasteiger partial charge is 0.300 e. The standard InChI is InChI=1S/C27H27NO5/c1-15(2)19-14-18(10-11-21(19)32-5)25(29)23-24(22-7-6-12-33-22)28(27(31)26(23)30)20-13-16(3)8-9-17(20)4/h6-15,24,29H,1-5H3/b25-23-. The fourth-order valence-electron chi connectivity index (χ4n) is 4.26. The second-order valence-corrected chi connectivity index (χ2v) is 8.59. The summed E-state index contributed by atoms with van der Waals surface area (Å²) >= 11 is 0. The summed E-state index contributed by atoms with van der Waals surface area (Å²) in [5.74, 6) is -0.478. The van der Waals surface area contributed by atoms with Gasteiger partial charge in [0.25, 0.3) is 11.7 Å². The molecule has 1 atom stereocenters. The third-order valence-corrected chi connectivity index (χ3v) is 6.01. The van der Waals surface area contributed by atoms with Crippen LogP contribution in [0.25, 0.3) is 5.76 Å². The SMILES string of the molecule is COc1ccc(/C(O)=C2/C(=O)C(=O)N(c3cc(C)ccc3C)C2c2ccco2)cc1C(C)C. The molecule has 1 saturated heterocycles. The number of ether oxygens (including phenoxy) is 1. The number of hydrogen-bond acceptors (Lipinski definition) is 5. The predicted octanol–water partition coefficient (Wildman–Crippen LogP) is 5.65. The van der Waals surface area contributed by atoms with Gasteiger partial charge in [0.15, 0.2) is 0 Å². The van der Waals surface area contributed by atoms with E-state index >= 15 is 0 Å². The molecule has 0 saturated carbocycles. The van der Waals surface area contributed by atoms with Gasteiger partial charge in [-0.05, 0) is 72.9 Å². The van der Waals surface area contributed by atoms with Crippen molar-refractivity contribution in [2.24, 2.45) is 0 Å². The average molecular weight is 446 g/mol. The number of aryl methyl sites for hydroxylation is 2. The van der Waals surface area contributed by atoms with Crippen molar-refractivity contribution >= 4 is 23.1 Å². The molecule has 1 N–H and O–H groups in total. The molecule has 1 aromatic heterocycles. The van der Waals surface area contributed by atoms with Gasteiger partial charge in [0.2, 0.25) is 0 Å². The van der Waals surface area contributed by atoms with E-state index in [1.807, 2.05) is 45.9 Å². The topological polar surface area (TPSA) is 80.0 Å². The molecule has 0 spiro atoms. The maximum atomic E-state index is 13.3. The number of hydrogen-bond donors (Lipinski definition) is 1. The highest BCUT2D eigenvalue weighted by atomic mass is 16.5. The molecule has 3 aromatic rings. The number of carbonyl (C=O) groups excluding carboxylic acids is 2. The Morgan fingerprint density at radius 1 is 1.09 bits per heavy atom. The van der Waals surface area contributed by atoms with Crippen LogP contribution < -0.4 is 9.64 Å². The highest BCUT2D eigenvalue weighted by Crippen LogP contribution is 2.44. The quantitative estimate of drug-likeness (QED) is 0.312. The predicted molar refractivity (Wildman–Crippen MR) is 126 cm³/mol. The molecule has 1 fully saturated rings. The minimum atomic E-state index is -0.884. The largest absolute Gasteiger partial charge is 0.507 e. The molecule has 6 nitrogen and oxygen atoms in total. The number of methoxy groups -OCH3 is 1. The van der Waals surface area contributed by atoms with E-state index in [2.05, 4.69) is 0 Å². The third kappa shape index (κ3) is 3.82. The zero-order valence-corrected chi connectivity index (χ0v) is 19.4. The first-order chi connectivity index (χ1) is 15.7. The summed E-state index contributed by atoms with van der Waals surface area (Å²) in [5.41, 5.74) is 3.72. The average Bonchev–Trinajstić information content (AvgIpc) is 3.41. The Balaban J connectivity index is 1.95. The zero-order valence-electron chi connectivity index (χ0n) is 19.4. The van der Waals surface area contributed by atoms with E-state index in [0.29, 0.717) is 22.8 Å². The van der Waals surface area contributed by atoms with Crippen molar-refractivity contribution in [2.45, 2.75) is 39.7 Å². The Hall–Kier alpha value is -3.80. The molecule has 1 aliphatic heterocycles. The Labute approximate surface area is 193 Å². The lowest BCUT2D eigenvalue weighted by molar-refractivity contribution is -0.132. The molecule has 2 aromatic carbocycles. The van der Waals surface area contributed by atoms with Crippen molar-refractivity contribution in [1.82, 2.24) is 0 Å². The van der Waals surface area contributed by atoms with Gasteiger partial charge in [-0.1, -0.05) is 26.0 Å². The maximum absolute atomic E-state index is 13.3. The Bertz CT molecular complexity index is 1250. The van der Waals surface area contributed by atoms with Crippen LogP contribution in [0, 0.1) is 13.8 Å². The van der Waals surface area contributed by atoms with E-state index in [1.165, 1.54) is 11.2 Å². The molecule has 0 bridgehead atoms. The number of amides is 1. The maximum Gasteiger partial charge on any atom is 0.300 e. The Morgan fingerprint density at radius 3 is 2.48 bits per heavy atom. The summed E-state index contributed by atoms with van der Waals surface area (Å²) in [6.07, 6.45) is 1.49. The van der Waals surface area contributed by atoms with Gasteiger partial charge >= 0.3 is 0 Å². The summed E-state index contributed by atoms with van der Waals surface area (Å²) in [6.45, 7) is 7.84. The summed E-state index contributed by atoms with van der Waals surface area (Å²) in [4.78, 5) is 28.0. The molecule has 0 aliphatic carbocycles. The summed E-state index contributed by atoms with van der Waals surface area (Å²) in [6, 6.07) is 13.5. The summed E-state index contributed by atoms with van der Waals surface area (Å²) < 4.78 is 11.1. The molecule has 1 aliphatic rings. The molecule has 2 heterocycles. The Morgan fingerprint density at radius 2 is 1.85 bits per heavy atom. The van der Waals surface area contributed by atoms with Crippen molar-refractivity contribution in [2.75, 3.05) is 12.0 Å². The van der Waals surface area contributed by atoms with Crippen LogP contribution in [0.15, 0.2) is 64.8 Å². The minimum absolute atomic E-state index is 0.00395. The molecule has 170 valence electrons. The van der Waals surface area contributed by atoms with Gasteiger partial charge in [0, 0.05) is 11.3 Å². The van der Waals surface area contributed by atoms with E-state index in [4.69, 9.17) is 9.15 Å².